The van der Waals surface area contributed by atoms with Gasteiger partial charge in [-0.25, -0.2) is 0 Å². The van der Waals surface area contributed by atoms with E-state index in [4.69, 9.17) is 9.47 Å². The zero-order chi connectivity index (χ0) is 40.5. The number of nitrogens with one attached hydrogen (secondary N) is 8. The normalized spacial score (nSPS) is 43.8. The monoisotopic (exact) mass is 887 g/mol. The second-order valence-corrected chi connectivity index (χ2v) is 20.9. The van der Waals surface area contributed by atoms with Crippen LogP contribution in [-0.4, -0.2) is 89.7 Å². The van der Waals surface area contributed by atoms with E-state index in [2.05, 4.69) is 129 Å². The van der Waals surface area contributed by atoms with Gasteiger partial charge in [0.1, 0.15) is 23.7 Å². The van der Waals surface area contributed by atoms with Crippen LogP contribution in [0, 0.1) is 47.3 Å². The summed E-state index contributed by atoms with van der Waals surface area (Å²) >= 11 is 0. The van der Waals surface area contributed by atoms with Gasteiger partial charge in [-0.2, -0.15) is 0 Å². The van der Waals surface area contributed by atoms with Crippen LogP contribution >= 0.6 is 0 Å². The van der Waals surface area contributed by atoms with E-state index in [0.29, 0.717) is 72.0 Å². The maximum atomic E-state index is 7.13. The Balaban J connectivity index is 0.00000445. The summed E-state index contributed by atoms with van der Waals surface area (Å²) in [5, 5.41) is 34.3. The third-order valence-corrected chi connectivity index (χ3v) is 17.1. The van der Waals surface area contributed by atoms with E-state index >= 15 is 0 Å². The summed E-state index contributed by atoms with van der Waals surface area (Å²) in [4.78, 5) is 4.31. The average Bonchev–Trinajstić information content (AvgIpc) is 3.99. The van der Waals surface area contributed by atoms with Crippen molar-refractivity contribution in [1.82, 2.24) is 42.5 Å². The van der Waals surface area contributed by atoms with Gasteiger partial charge in [0.2, 0.25) is 0 Å². The minimum absolute atomic E-state index is 0. The molecule has 11 rings (SSSR count). The van der Waals surface area contributed by atoms with Crippen molar-refractivity contribution in [3.63, 3.8) is 0 Å². The van der Waals surface area contributed by atoms with Crippen LogP contribution in [-0.2, 0) is 19.5 Å². The quantitative estimate of drug-likeness (QED) is 0.190. The standard InChI is InChI=1S/C48H74N10O2.Zn/c1-57(2)27-13-11-15-29(23-27)59-39-25-37-38(26-40(39)60-30-16-12-14-28(24-30)58(3)4)48-55-46-36-22-10-8-20-34(36)44(53-46)51-42-32-18-6-5-17-31(32)41(49-42)50-43-33-19-7-9-21-35(33)45(52-43)54-47(37)56-48;/h11-16,23-24,31-56H,5-10,17-22,25-26H2,1-4H3;. The molecular formula is C48H74N10O2Zn. The van der Waals surface area contributed by atoms with E-state index in [1.165, 1.54) is 77.0 Å². The Morgan fingerprint density at radius 1 is 0.393 bits per heavy atom. The summed E-state index contributed by atoms with van der Waals surface area (Å²) in [7, 11) is 8.39. The summed E-state index contributed by atoms with van der Waals surface area (Å²) in [5.74, 6) is 6.40. The third-order valence-electron chi connectivity index (χ3n) is 17.1. The molecule has 12 nitrogen and oxygen atoms in total. The molecule has 5 heterocycles. The molecule has 0 amide bonds. The maximum absolute atomic E-state index is 7.13. The fourth-order valence-corrected chi connectivity index (χ4v) is 14.2. The molecule has 4 saturated carbocycles. The first kappa shape index (κ1) is 42.9. The second kappa shape index (κ2) is 18.1. The summed E-state index contributed by atoms with van der Waals surface area (Å²) in [6, 6.07) is 17.1. The molecule has 5 saturated heterocycles. The first-order valence-electron chi connectivity index (χ1n) is 24.3. The molecule has 18 unspecified atom stereocenters. The minimum atomic E-state index is -0.106. The largest absolute Gasteiger partial charge is 0.486 e. The van der Waals surface area contributed by atoms with Gasteiger partial charge in [-0.1, -0.05) is 50.7 Å². The molecule has 9 aliphatic rings. The molecular weight excluding hydrogens is 814 g/mol. The van der Waals surface area contributed by atoms with Crippen LogP contribution < -0.4 is 61.8 Å². The Hall–Kier alpha value is -2.06. The van der Waals surface area contributed by atoms with Gasteiger partial charge in [-0.05, 0) is 123 Å². The summed E-state index contributed by atoms with van der Waals surface area (Å²) in [6.45, 7) is 0. The topological polar surface area (TPSA) is 121 Å². The summed E-state index contributed by atoms with van der Waals surface area (Å²) in [6.07, 6.45) is 19.6. The minimum Gasteiger partial charge on any atom is -0.486 e. The van der Waals surface area contributed by atoms with Crippen LogP contribution in [0.4, 0.5) is 11.4 Å². The van der Waals surface area contributed by atoms with E-state index in [-0.39, 0.29) is 56.3 Å². The smallest absolute Gasteiger partial charge is 0.136 e. The van der Waals surface area contributed by atoms with Crippen LogP contribution in [0.3, 0.4) is 0 Å². The van der Waals surface area contributed by atoms with Crippen molar-refractivity contribution in [3.8, 4) is 11.5 Å². The van der Waals surface area contributed by atoms with Crippen molar-refractivity contribution in [3.05, 3.63) is 48.5 Å². The molecule has 5 aliphatic heterocycles. The SMILES string of the molecule is CN(C)c1cccc(OC2CC3C4NC5NC(NC6NC(NC7NC(NC(N4)C3CC2Oc2cccc(N(C)C)c2)C2CCCCC72)C2CCCCC62)C2CCCCC52)c1.[Zn]. The first-order valence-corrected chi connectivity index (χ1v) is 24.3. The fourth-order valence-electron chi connectivity index (χ4n) is 14.2. The van der Waals surface area contributed by atoms with Gasteiger partial charge in [-0.15, -0.1) is 0 Å². The van der Waals surface area contributed by atoms with Gasteiger partial charge < -0.3 is 19.3 Å². The number of benzene rings is 2. The van der Waals surface area contributed by atoms with Gasteiger partial charge in [0.15, 0.2) is 0 Å². The Bertz CT molecular complexity index is 1680. The molecule has 0 spiro atoms. The van der Waals surface area contributed by atoms with Gasteiger partial charge in [0, 0.05) is 71.2 Å². The number of hydrogen-bond donors (Lipinski definition) is 8. The van der Waals surface area contributed by atoms with E-state index < -0.39 is 0 Å². The number of hydrogen-bond acceptors (Lipinski definition) is 12. The number of anilines is 2. The fraction of sp³-hybridized carbons (Fsp3) is 0.750. The molecule has 2 aromatic rings. The van der Waals surface area contributed by atoms with Crippen molar-refractivity contribution in [2.45, 2.75) is 151 Å². The van der Waals surface area contributed by atoms with Crippen LogP contribution in [0.25, 0.3) is 0 Å². The van der Waals surface area contributed by atoms with Crippen molar-refractivity contribution in [2.75, 3.05) is 38.0 Å². The number of nitrogens with zero attached hydrogens (tertiary/aromatic N) is 2. The Morgan fingerprint density at radius 3 is 0.918 bits per heavy atom. The van der Waals surface area contributed by atoms with Crippen LogP contribution in [0.5, 0.6) is 11.5 Å². The Morgan fingerprint density at radius 2 is 0.656 bits per heavy atom. The number of rotatable bonds is 6. The van der Waals surface area contributed by atoms with Gasteiger partial charge in [0.25, 0.3) is 0 Å². The average molecular weight is 889 g/mol. The zero-order valence-electron chi connectivity index (χ0n) is 37.3. The zero-order valence-corrected chi connectivity index (χ0v) is 40.3. The van der Waals surface area contributed by atoms with Crippen molar-refractivity contribution in [2.24, 2.45) is 47.3 Å². The molecule has 0 radical (unpaired) electrons. The summed E-state index contributed by atoms with van der Waals surface area (Å²) in [5.41, 5.74) is 2.29. The Kier molecular flexibility index (Phi) is 12.7. The van der Waals surface area contributed by atoms with Crippen molar-refractivity contribution < 1.29 is 29.0 Å². The molecule has 4 aliphatic carbocycles. The van der Waals surface area contributed by atoms with Crippen LogP contribution in [0.1, 0.15) is 89.9 Å². The van der Waals surface area contributed by atoms with Gasteiger partial charge >= 0.3 is 0 Å². The molecule has 18 atom stereocenters. The summed E-state index contributed by atoms with van der Waals surface area (Å²) < 4.78 is 14.3. The van der Waals surface area contributed by atoms with E-state index in [0.717, 1.165) is 35.7 Å². The maximum Gasteiger partial charge on any atom is 0.136 e. The van der Waals surface area contributed by atoms with Gasteiger partial charge in [0.05, 0.1) is 49.3 Å². The molecule has 8 bridgehead atoms. The number of ether oxygens (including phenoxy) is 2. The Labute approximate surface area is 378 Å². The van der Waals surface area contributed by atoms with E-state index in [9.17, 15) is 0 Å². The van der Waals surface area contributed by atoms with Gasteiger partial charge in [-0.3, -0.25) is 42.5 Å². The van der Waals surface area contributed by atoms with E-state index in [1.807, 2.05) is 0 Å². The molecule has 8 N–H and O–H groups in total. The first-order chi connectivity index (χ1) is 29.3. The molecule has 13 heteroatoms. The number of fused-ring (bicyclic) bond motifs is 20. The predicted octanol–water partition coefficient (Wildman–Crippen LogP) is 4.85. The molecule has 2 aromatic carbocycles. The molecule has 0 aromatic heterocycles. The van der Waals surface area contributed by atoms with Crippen LogP contribution in [0.15, 0.2) is 48.5 Å². The predicted molar refractivity (Wildman–Crippen MR) is 238 cm³/mol. The van der Waals surface area contributed by atoms with Crippen LogP contribution in [0.2, 0.25) is 0 Å². The molecule has 61 heavy (non-hydrogen) atoms. The second-order valence-electron chi connectivity index (χ2n) is 20.9. The van der Waals surface area contributed by atoms with E-state index in [1.54, 1.807) is 0 Å². The molecule has 330 valence electrons. The molecule has 9 fully saturated rings. The van der Waals surface area contributed by atoms with Crippen molar-refractivity contribution >= 4 is 11.4 Å². The third kappa shape index (κ3) is 8.40. The van der Waals surface area contributed by atoms with Crippen molar-refractivity contribution in [1.29, 1.82) is 0 Å².